The Balaban J connectivity index is 1.85. The number of halogens is 1. The van der Waals surface area contributed by atoms with Crippen molar-refractivity contribution in [2.45, 2.75) is 20.3 Å². The van der Waals surface area contributed by atoms with Gasteiger partial charge in [0.1, 0.15) is 0 Å². The fourth-order valence-corrected chi connectivity index (χ4v) is 2.32. The fourth-order valence-electron chi connectivity index (χ4n) is 2.32. The first-order valence-corrected chi connectivity index (χ1v) is 7.74. The molecule has 0 aliphatic carbocycles. The van der Waals surface area contributed by atoms with E-state index in [9.17, 15) is 14.0 Å². The summed E-state index contributed by atoms with van der Waals surface area (Å²) < 4.78 is 23.3. The molecule has 0 radical (unpaired) electrons. The van der Waals surface area contributed by atoms with Crippen molar-refractivity contribution in [1.29, 1.82) is 0 Å². The van der Waals surface area contributed by atoms with Crippen molar-refractivity contribution in [3.8, 4) is 5.75 Å². The first-order chi connectivity index (χ1) is 11.9. The second kappa shape index (κ2) is 8.28. The maximum Gasteiger partial charge on any atom is 0.310 e. The molecule has 1 amide bonds. The van der Waals surface area contributed by atoms with Gasteiger partial charge in [-0.2, -0.15) is 0 Å². The van der Waals surface area contributed by atoms with E-state index in [1.54, 1.807) is 12.1 Å². The van der Waals surface area contributed by atoms with Crippen LogP contribution in [0.5, 0.6) is 5.75 Å². The second-order valence-electron chi connectivity index (χ2n) is 5.67. The number of esters is 1. The molecule has 25 heavy (non-hydrogen) atoms. The molecule has 0 aliphatic rings. The maximum absolute atomic E-state index is 13.6. The van der Waals surface area contributed by atoms with Crippen molar-refractivity contribution in [1.82, 2.24) is 0 Å². The molecule has 0 atom stereocenters. The lowest BCUT2D eigenvalue weighted by Crippen LogP contribution is -2.22. The molecule has 0 unspecified atom stereocenters. The van der Waals surface area contributed by atoms with Crippen LogP contribution in [0.4, 0.5) is 10.1 Å². The number of carbonyl (C=O) groups is 2. The molecular weight excluding hydrogens is 325 g/mol. The largest absolute Gasteiger partial charge is 0.494 e. The molecule has 0 saturated carbocycles. The summed E-state index contributed by atoms with van der Waals surface area (Å²) in [5.74, 6) is -1.49. The summed E-state index contributed by atoms with van der Waals surface area (Å²) in [5, 5.41) is 2.69. The number of aryl methyl sites for hydroxylation is 2. The van der Waals surface area contributed by atoms with Crippen molar-refractivity contribution >= 4 is 17.6 Å². The van der Waals surface area contributed by atoms with Crippen LogP contribution < -0.4 is 10.1 Å². The van der Waals surface area contributed by atoms with Crippen LogP contribution >= 0.6 is 0 Å². The lowest BCUT2D eigenvalue weighted by atomic mass is 10.1. The molecule has 1 N–H and O–H groups in total. The molecule has 0 aromatic heterocycles. The molecule has 0 saturated heterocycles. The molecule has 2 rings (SSSR count). The highest BCUT2D eigenvalue weighted by Crippen LogP contribution is 2.18. The first-order valence-electron chi connectivity index (χ1n) is 7.74. The minimum atomic E-state index is -0.611. The van der Waals surface area contributed by atoms with Gasteiger partial charge >= 0.3 is 5.97 Å². The van der Waals surface area contributed by atoms with E-state index in [1.165, 1.54) is 19.2 Å². The molecule has 5 nitrogen and oxygen atoms in total. The van der Waals surface area contributed by atoms with E-state index in [-0.39, 0.29) is 12.2 Å². The Bertz CT molecular complexity index is 789. The van der Waals surface area contributed by atoms with Crippen molar-refractivity contribution in [3.63, 3.8) is 0 Å². The maximum atomic E-state index is 13.6. The van der Waals surface area contributed by atoms with E-state index < -0.39 is 24.3 Å². The average molecular weight is 345 g/mol. The van der Waals surface area contributed by atoms with E-state index in [0.29, 0.717) is 11.3 Å². The summed E-state index contributed by atoms with van der Waals surface area (Å²) in [4.78, 5) is 23.7. The first kappa shape index (κ1) is 18.4. The Morgan fingerprint density at radius 1 is 1.12 bits per heavy atom. The Kier molecular flexibility index (Phi) is 6.11. The van der Waals surface area contributed by atoms with Crippen LogP contribution in [0.3, 0.4) is 0 Å². The monoisotopic (exact) mass is 345 g/mol. The zero-order chi connectivity index (χ0) is 18.4. The number of hydrogen-bond donors (Lipinski definition) is 1. The van der Waals surface area contributed by atoms with E-state index in [2.05, 4.69) is 5.32 Å². The fraction of sp³-hybridized carbons (Fsp3) is 0.263. The van der Waals surface area contributed by atoms with Gasteiger partial charge in [0, 0.05) is 5.69 Å². The highest BCUT2D eigenvalue weighted by molar-refractivity contribution is 5.93. The van der Waals surface area contributed by atoms with Gasteiger partial charge in [0.15, 0.2) is 18.2 Å². The second-order valence-corrected chi connectivity index (χ2v) is 5.67. The highest BCUT2D eigenvalue weighted by atomic mass is 19.1. The van der Waals surface area contributed by atoms with Crippen LogP contribution in [0, 0.1) is 19.7 Å². The number of methoxy groups -OCH3 is 1. The normalized spacial score (nSPS) is 10.2. The Morgan fingerprint density at radius 2 is 1.88 bits per heavy atom. The van der Waals surface area contributed by atoms with Gasteiger partial charge in [-0.3, -0.25) is 9.59 Å². The third kappa shape index (κ3) is 5.31. The van der Waals surface area contributed by atoms with Crippen LogP contribution in [-0.2, 0) is 20.7 Å². The molecule has 2 aromatic rings. The number of ether oxygens (including phenoxy) is 2. The van der Waals surface area contributed by atoms with E-state index >= 15 is 0 Å². The highest BCUT2D eigenvalue weighted by Gasteiger charge is 2.11. The summed E-state index contributed by atoms with van der Waals surface area (Å²) in [6.07, 6.45) is -0.127. The van der Waals surface area contributed by atoms with Gasteiger partial charge < -0.3 is 14.8 Å². The van der Waals surface area contributed by atoms with Crippen molar-refractivity contribution < 1.29 is 23.5 Å². The lowest BCUT2D eigenvalue weighted by molar-refractivity contribution is -0.146. The summed E-state index contributed by atoms with van der Waals surface area (Å²) in [7, 11) is 1.36. The topological polar surface area (TPSA) is 64.6 Å². The number of nitrogens with one attached hydrogen (secondary N) is 1. The van der Waals surface area contributed by atoms with Gasteiger partial charge in [0.25, 0.3) is 5.91 Å². The SMILES string of the molecule is COc1ccc(CC(=O)OCC(=O)Nc2ccc(C)cc2C)cc1F. The summed E-state index contributed by atoms with van der Waals surface area (Å²) in [5.41, 5.74) is 3.13. The van der Waals surface area contributed by atoms with E-state index in [4.69, 9.17) is 9.47 Å². The van der Waals surface area contributed by atoms with Gasteiger partial charge in [-0.15, -0.1) is 0 Å². The summed E-state index contributed by atoms with van der Waals surface area (Å²) >= 11 is 0. The van der Waals surface area contributed by atoms with Gasteiger partial charge in [0.2, 0.25) is 0 Å². The van der Waals surface area contributed by atoms with Crippen LogP contribution in [0.1, 0.15) is 16.7 Å². The molecule has 0 heterocycles. The number of carbonyl (C=O) groups excluding carboxylic acids is 2. The number of rotatable bonds is 6. The number of hydrogen-bond acceptors (Lipinski definition) is 4. The van der Waals surface area contributed by atoms with Crippen LogP contribution in [0.15, 0.2) is 36.4 Å². The standard InChI is InChI=1S/C19H20FNO4/c1-12-4-6-16(13(2)8-12)21-18(22)11-25-19(23)10-14-5-7-17(24-3)15(20)9-14/h4-9H,10-11H2,1-3H3,(H,21,22). The Morgan fingerprint density at radius 3 is 2.52 bits per heavy atom. The number of anilines is 1. The molecule has 0 bridgehead atoms. The Labute approximate surface area is 145 Å². The van der Waals surface area contributed by atoms with Gasteiger partial charge in [0.05, 0.1) is 13.5 Å². The molecule has 0 aliphatic heterocycles. The quantitative estimate of drug-likeness (QED) is 0.817. The van der Waals surface area contributed by atoms with Crippen LogP contribution in [-0.4, -0.2) is 25.6 Å². The summed E-state index contributed by atoms with van der Waals surface area (Å²) in [6.45, 7) is 3.44. The smallest absolute Gasteiger partial charge is 0.310 e. The number of benzene rings is 2. The molecule has 6 heteroatoms. The van der Waals surface area contributed by atoms with Gasteiger partial charge in [-0.1, -0.05) is 23.8 Å². The van der Waals surface area contributed by atoms with Crippen LogP contribution in [0.2, 0.25) is 0 Å². The van der Waals surface area contributed by atoms with Gasteiger partial charge in [-0.05, 0) is 43.2 Å². The number of amides is 1. The average Bonchev–Trinajstić information content (AvgIpc) is 2.56. The molecular formula is C19H20FNO4. The lowest BCUT2D eigenvalue weighted by Gasteiger charge is -2.10. The van der Waals surface area contributed by atoms with Gasteiger partial charge in [-0.25, -0.2) is 4.39 Å². The summed E-state index contributed by atoms with van der Waals surface area (Å²) in [6, 6.07) is 9.83. The van der Waals surface area contributed by atoms with E-state index in [1.807, 2.05) is 26.0 Å². The Hall–Kier alpha value is -2.89. The minimum absolute atomic E-state index is 0.102. The zero-order valence-electron chi connectivity index (χ0n) is 14.4. The van der Waals surface area contributed by atoms with Crippen molar-refractivity contribution in [3.05, 3.63) is 58.9 Å². The zero-order valence-corrected chi connectivity index (χ0v) is 14.4. The predicted octanol–water partition coefficient (Wildman–Crippen LogP) is 3.18. The van der Waals surface area contributed by atoms with E-state index in [0.717, 1.165) is 11.1 Å². The predicted molar refractivity (Wildman–Crippen MR) is 92.2 cm³/mol. The minimum Gasteiger partial charge on any atom is -0.494 e. The molecule has 2 aromatic carbocycles. The molecule has 132 valence electrons. The molecule has 0 spiro atoms. The van der Waals surface area contributed by atoms with Crippen LogP contribution in [0.25, 0.3) is 0 Å². The molecule has 0 fully saturated rings. The third-order valence-electron chi connectivity index (χ3n) is 3.58. The van der Waals surface area contributed by atoms with Crippen molar-refractivity contribution in [2.75, 3.05) is 19.0 Å². The third-order valence-corrected chi connectivity index (χ3v) is 3.58. The van der Waals surface area contributed by atoms with Crippen molar-refractivity contribution in [2.24, 2.45) is 0 Å².